The minimum atomic E-state index is -0.229. The molecule has 1 heterocycles. The minimum absolute atomic E-state index is 0.0920. The van der Waals surface area contributed by atoms with Crippen LogP contribution in [0.3, 0.4) is 0 Å². The van der Waals surface area contributed by atoms with Crippen LogP contribution in [0.4, 0.5) is 0 Å². The SMILES string of the molecule is NCC1(NC(=O)c2ccc3c(c2)OCO3)CCCC1. The standard InChI is InChI=1S/C14H18N2O3/c15-8-14(5-1-2-6-14)16-13(17)10-3-4-11-12(7-10)19-9-18-11/h3-4,7H,1-2,5-6,8-9,15H2,(H,16,17). The molecule has 0 bridgehead atoms. The molecule has 1 aromatic rings. The van der Waals surface area contributed by atoms with Crippen LogP contribution in [0.5, 0.6) is 11.5 Å². The average Bonchev–Trinajstić information content (AvgIpc) is 3.06. The number of carbonyl (C=O) groups is 1. The van der Waals surface area contributed by atoms with Crippen molar-refractivity contribution in [2.24, 2.45) is 5.73 Å². The van der Waals surface area contributed by atoms with E-state index in [1.807, 2.05) is 0 Å². The van der Waals surface area contributed by atoms with Crippen LogP contribution in [-0.4, -0.2) is 24.8 Å². The third kappa shape index (κ3) is 2.26. The predicted molar refractivity (Wildman–Crippen MR) is 70.3 cm³/mol. The zero-order valence-corrected chi connectivity index (χ0v) is 10.8. The van der Waals surface area contributed by atoms with Gasteiger partial charge in [0.1, 0.15) is 0 Å². The Kier molecular flexibility index (Phi) is 3.06. The Morgan fingerprint density at radius 2 is 2.00 bits per heavy atom. The fraction of sp³-hybridized carbons (Fsp3) is 0.500. The molecule has 3 rings (SSSR count). The second-order valence-corrected chi connectivity index (χ2v) is 5.21. The molecule has 0 spiro atoms. The maximum absolute atomic E-state index is 12.3. The van der Waals surface area contributed by atoms with Crippen molar-refractivity contribution in [1.29, 1.82) is 0 Å². The molecular formula is C14H18N2O3. The molecule has 1 fully saturated rings. The van der Waals surface area contributed by atoms with E-state index >= 15 is 0 Å². The number of ether oxygens (including phenoxy) is 2. The highest BCUT2D eigenvalue weighted by atomic mass is 16.7. The van der Waals surface area contributed by atoms with E-state index in [-0.39, 0.29) is 18.2 Å². The molecule has 1 aromatic carbocycles. The van der Waals surface area contributed by atoms with Crippen LogP contribution >= 0.6 is 0 Å². The summed E-state index contributed by atoms with van der Waals surface area (Å²) < 4.78 is 10.5. The Hall–Kier alpha value is -1.75. The zero-order valence-electron chi connectivity index (χ0n) is 10.8. The van der Waals surface area contributed by atoms with Crippen molar-refractivity contribution in [3.63, 3.8) is 0 Å². The number of benzene rings is 1. The number of carbonyl (C=O) groups excluding carboxylic acids is 1. The number of rotatable bonds is 3. The van der Waals surface area contributed by atoms with Gasteiger partial charge in [0.05, 0.1) is 5.54 Å². The van der Waals surface area contributed by atoms with E-state index in [9.17, 15) is 4.79 Å². The Morgan fingerprint density at radius 1 is 1.26 bits per heavy atom. The van der Waals surface area contributed by atoms with Gasteiger partial charge in [-0.1, -0.05) is 12.8 Å². The molecular weight excluding hydrogens is 244 g/mol. The highest BCUT2D eigenvalue weighted by molar-refractivity contribution is 5.95. The van der Waals surface area contributed by atoms with E-state index in [0.29, 0.717) is 23.6 Å². The first kappa shape index (κ1) is 12.3. The molecule has 1 aliphatic carbocycles. The van der Waals surface area contributed by atoms with Crippen LogP contribution in [0.15, 0.2) is 18.2 Å². The number of nitrogens with two attached hydrogens (primary N) is 1. The normalized spacial score (nSPS) is 19.4. The molecule has 102 valence electrons. The molecule has 2 aliphatic rings. The monoisotopic (exact) mass is 262 g/mol. The molecule has 0 unspecified atom stereocenters. The van der Waals surface area contributed by atoms with Gasteiger partial charge in [-0.15, -0.1) is 0 Å². The molecule has 0 radical (unpaired) electrons. The quantitative estimate of drug-likeness (QED) is 0.864. The molecule has 0 aromatic heterocycles. The highest BCUT2D eigenvalue weighted by Gasteiger charge is 2.34. The van der Waals surface area contributed by atoms with Gasteiger partial charge in [-0.3, -0.25) is 4.79 Å². The van der Waals surface area contributed by atoms with Gasteiger partial charge in [0, 0.05) is 12.1 Å². The number of nitrogens with one attached hydrogen (secondary N) is 1. The van der Waals surface area contributed by atoms with Crippen molar-refractivity contribution in [2.45, 2.75) is 31.2 Å². The van der Waals surface area contributed by atoms with Crippen LogP contribution in [0.1, 0.15) is 36.0 Å². The summed E-state index contributed by atoms with van der Waals surface area (Å²) in [5.41, 5.74) is 6.18. The van der Waals surface area contributed by atoms with Gasteiger partial charge in [-0.2, -0.15) is 0 Å². The summed E-state index contributed by atoms with van der Waals surface area (Å²) in [5.74, 6) is 1.22. The molecule has 1 saturated carbocycles. The van der Waals surface area contributed by atoms with Crippen molar-refractivity contribution in [3.05, 3.63) is 23.8 Å². The van der Waals surface area contributed by atoms with Gasteiger partial charge in [0.25, 0.3) is 5.91 Å². The van der Waals surface area contributed by atoms with Gasteiger partial charge in [0.15, 0.2) is 11.5 Å². The van der Waals surface area contributed by atoms with Crippen LogP contribution < -0.4 is 20.5 Å². The number of hydrogen-bond donors (Lipinski definition) is 2. The smallest absolute Gasteiger partial charge is 0.251 e. The second-order valence-electron chi connectivity index (χ2n) is 5.21. The van der Waals surface area contributed by atoms with E-state index in [1.54, 1.807) is 18.2 Å². The van der Waals surface area contributed by atoms with Crippen molar-refractivity contribution in [3.8, 4) is 11.5 Å². The van der Waals surface area contributed by atoms with Crippen LogP contribution in [0, 0.1) is 0 Å². The summed E-state index contributed by atoms with van der Waals surface area (Å²) in [6.07, 6.45) is 4.16. The lowest BCUT2D eigenvalue weighted by molar-refractivity contribution is 0.0902. The third-order valence-electron chi connectivity index (χ3n) is 3.96. The Labute approximate surface area is 112 Å². The number of fused-ring (bicyclic) bond motifs is 1. The summed E-state index contributed by atoms with van der Waals surface area (Å²) in [7, 11) is 0. The fourth-order valence-electron chi connectivity index (χ4n) is 2.78. The van der Waals surface area contributed by atoms with E-state index in [2.05, 4.69) is 5.32 Å². The van der Waals surface area contributed by atoms with Crippen molar-refractivity contribution in [1.82, 2.24) is 5.32 Å². The largest absolute Gasteiger partial charge is 0.454 e. The van der Waals surface area contributed by atoms with Gasteiger partial charge in [-0.25, -0.2) is 0 Å². The fourth-order valence-corrected chi connectivity index (χ4v) is 2.78. The summed E-state index contributed by atoms with van der Waals surface area (Å²) in [5, 5.41) is 3.09. The summed E-state index contributed by atoms with van der Waals surface area (Å²) in [6, 6.07) is 5.24. The topological polar surface area (TPSA) is 73.6 Å². The van der Waals surface area contributed by atoms with Crippen LogP contribution in [0.25, 0.3) is 0 Å². The van der Waals surface area contributed by atoms with Crippen LogP contribution in [-0.2, 0) is 0 Å². The Morgan fingerprint density at radius 3 is 2.74 bits per heavy atom. The van der Waals surface area contributed by atoms with Gasteiger partial charge in [0.2, 0.25) is 6.79 Å². The summed E-state index contributed by atoms with van der Waals surface area (Å²) in [4.78, 5) is 12.3. The molecule has 0 atom stereocenters. The van der Waals surface area contributed by atoms with Gasteiger partial charge < -0.3 is 20.5 Å². The van der Waals surface area contributed by atoms with Crippen molar-refractivity contribution >= 4 is 5.91 Å². The van der Waals surface area contributed by atoms with Crippen molar-refractivity contribution in [2.75, 3.05) is 13.3 Å². The summed E-state index contributed by atoms with van der Waals surface area (Å²) in [6.45, 7) is 0.705. The van der Waals surface area contributed by atoms with E-state index in [4.69, 9.17) is 15.2 Å². The molecule has 5 nitrogen and oxygen atoms in total. The second kappa shape index (κ2) is 4.74. The molecule has 5 heteroatoms. The zero-order chi connectivity index (χ0) is 13.3. The van der Waals surface area contributed by atoms with E-state index in [1.165, 1.54) is 0 Å². The summed E-state index contributed by atoms with van der Waals surface area (Å²) >= 11 is 0. The molecule has 19 heavy (non-hydrogen) atoms. The number of amides is 1. The maximum atomic E-state index is 12.3. The lowest BCUT2D eigenvalue weighted by Crippen LogP contribution is -2.51. The van der Waals surface area contributed by atoms with E-state index < -0.39 is 0 Å². The van der Waals surface area contributed by atoms with E-state index in [0.717, 1.165) is 25.7 Å². The van der Waals surface area contributed by atoms with Crippen molar-refractivity contribution < 1.29 is 14.3 Å². The Balaban J connectivity index is 1.77. The molecule has 1 aliphatic heterocycles. The lowest BCUT2D eigenvalue weighted by atomic mass is 9.97. The van der Waals surface area contributed by atoms with Crippen LogP contribution in [0.2, 0.25) is 0 Å². The maximum Gasteiger partial charge on any atom is 0.251 e. The predicted octanol–water partition coefficient (Wildman–Crippen LogP) is 1.42. The number of hydrogen-bond acceptors (Lipinski definition) is 4. The first-order valence-corrected chi connectivity index (χ1v) is 6.65. The first-order chi connectivity index (χ1) is 9.22. The molecule has 1 amide bonds. The first-order valence-electron chi connectivity index (χ1n) is 6.65. The Bertz CT molecular complexity index is 495. The molecule has 3 N–H and O–H groups in total. The van der Waals surface area contributed by atoms with Gasteiger partial charge in [-0.05, 0) is 31.0 Å². The average molecular weight is 262 g/mol. The highest BCUT2D eigenvalue weighted by Crippen LogP contribution is 2.33. The lowest BCUT2D eigenvalue weighted by Gasteiger charge is -2.28. The molecule has 0 saturated heterocycles. The van der Waals surface area contributed by atoms with Gasteiger partial charge >= 0.3 is 0 Å². The third-order valence-corrected chi connectivity index (χ3v) is 3.96. The minimum Gasteiger partial charge on any atom is -0.454 e.